The van der Waals surface area contributed by atoms with E-state index in [1.54, 1.807) is 0 Å². The van der Waals surface area contributed by atoms with Gasteiger partial charge in [0, 0.05) is 5.41 Å². The largest absolute Gasteiger partial charge is 0.391 e. The van der Waals surface area contributed by atoms with Gasteiger partial charge in [-0.2, -0.15) is 13.2 Å². The van der Waals surface area contributed by atoms with Crippen LogP contribution in [0.4, 0.5) is 13.2 Å². The molecular weight excluding hydrogens is 243 g/mol. The molecule has 1 aliphatic heterocycles. The van der Waals surface area contributed by atoms with Crippen LogP contribution >= 0.6 is 0 Å². The molecule has 1 heterocycles. The maximum Gasteiger partial charge on any atom is 0.391 e. The summed E-state index contributed by atoms with van der Waals surface area (Å²) in [6.45, 7) is 5.45. The molecule has 0 aromatic carbocycles. The minimum atomic E-state index is -4.05. The highest BCUT2D eigenvalue weighted by molar-refractivity contribution is 5.82. The van der Waals surface area contributed by atoms with Gasteiger partial charge in [-0.15, -0.1) is 0 Å². The van der Waals surface area contributed by atoms with Crippen molar-refractivity contribution >= 4 is 5.84 Å². The van der Waals surface area contributed by atoms with E-state index in [1.165, 1.54) is 0 Å². The van der Waals surface area contributed by atoms with Crippen LogP contribution in [0.1, 0.15) is 33.1 Å². The SMILES string of the molecule is CC(C)(CCN1CCC(C(F)(F)F)CC1)C(=N)N. The van der Waals surface area contributed by atoms with Crippen molar-refractivity contribution in [3.8, 4) is 0 Å². The molecule has 3 nitrogen and oxygen atoms in total. The van der Waals surface area contributed by atoms with Gasteiger partial charge < -0.3 is 10.6 Å². The van der Waals surface area contributed by atoms with Gasteiger partial charge in [-0.25, -0.2) is 0 Å². The first-order valence-electron chi connectivity index (χ1n) is 6.26. The minimum absolute atomic E-state index is 0.132. The Bertz CT molecular complexity index is 291. The number of amidine groups is 1. The second kappa shape index (κ2) is 5.47. The molecule has 18 heavy (non-hydrogen) atoms. The molecule has 0 radical (unpaired) electrons. The topological polar surface area (TPSA) is 53.1 Å². The van der Waals surface area contributed by atoms with Crippen molar-refractivity contribution in [2.45, 2.75) is 39.3 Å². The summed E-state index contributed by atoms with van der Waals surface area (Å²) in [5, 5.41) is 7.44. The normalized spacial score (nSPS) is 20.1. The highest BCUT2D eigenvalue weighted by atomic mass is 19.4. The number of likely N-dealkylation sites (tertiary alicyclic amines) is 1. The van der Waals surface area contributed by atoms with Gasteiger partial charge in [0.1, 0.15) is 0 Å². The third-order valence-electron chi connectivity index (χ3n) is 3.83. The Labute approximate surface area is 106 Å². The predicted octanol–water partition coefficient (Wildman–Crippen LogP) is 2.61. The van der Waals surface area contributed by atoms with Gasteiger partial charge in [0.15, 0.2) is 0 Å². The number of halogens is 3. The summed E-state index contributed by atoms with van der Waals surface area (Å²) in [7, 11) is 0. The van der Waals surface area contributed by atoms with Crippen molar-refractivity contribution in [2.24, 2.45) is 17.1 Å². The molecular formula is C12H22F3N3. The maximum atomic E-state index is 12.5. The number of nitrogens with zero attached hydrogens (tertiary/aromatic N) is 1. The summed E-state index contributed by atoms with van der Waals surface area (Å²) >= 11 is 0. The lowest BCUT2D eigenvalue weighted by Gasteiger charge is -2.34. The molecule has 1 fully saturated rings. The Morgan fingerprint density at radius 2 is 1.78 bits per heavy atom. The third-order valence-corrected chi connectivity index (χ3v) is 3.83. The highest BCUT2D eigenvalue weighted by Crippen LogP contribution is 2.34. The molecule has 0 aromatic heterocycles. The average molecular weight is 265 g/mol. The van der Waals surface area contributed by atoms with Gasteiger partial charge in [-0.05, 0) is 38.9 Å². The third kappa shape index (κ3) is 4.15. The summed E-state index contributed by atoms with van der Waals surface area (Å²) < 4.78 is 37.5. The lowest BCUT2D eigenvalue weighted by Crippen LogP contribution is -2.41. The lowest BCUT2D eigenvalue weighted by molar-refractivity contribution is -0.185. The van der Waals surface area contributed by atoms with E-state index in [4.69, 9.17) is 11.1 Å². The summed E-state index contributed by atoms with van der Waals surface area (Å²) in [6, 6.07) is 0. The van der Waals surface area contributed by atoms with Crippen molar-refractivity contribution in [1.29, 1.82) is 5.41 Å². The second-order valence-corrected chi connectivity index (χ2v) is 5.71. The van der Waals surface area contributed by atoms with Crippen LogP contribution in [0.3, 0.4) is 0 Å². The zero-order chi connectivity index (χ0) is 14.0. The first kappa shape index (κ1) is 15.3. The van der Waals surface area contributed by atoms with Gasteiger partial charge in [-0.1, -0.05) is 13.8 Å². The van der Waals surface area contributed by atoms with Crippen LogP contribution in [0.15, 0.2) is 0 Å². The van der Waals surface area contributed by atoms with Crippen molar-refractivity contribution in [1.82, 2.24) is 4.90 Å². The molecule has 0 saturated carbocycles. The van der Waals surface area contributed by atoms with Crippen LogP contribution in [0.25, 0.3) is 0 Å². The van der Waals surface area contributed by atoms with E-state index in [2.05, 4.69) is 0 Å². The van der Waals surface area contributed by atoms with Crippen LogP contribution in [0.2, 0.25) is 0 Å². The zero-order valence-electron chi connectivity index (χ0n) is 11.0. The average Bonchev–Trinajstić information content (AvgIpc) is 2.25. The molecule has 6 heteroatoms. The number of nitrogens with one attached hydrogen (secondary N) is 1. The van der Waals surface area contributed by atoms with Gasteiger partial charge >= 0.3 is 6.18 Å². The fourth-order valence-electron chi connectivity index (χ4n) is 2.06. The Morgan fingerprint density at radius 1 is 1.28 bits per heavy atom. The Hall–Kier alpha value is -0.780. The van der Waals surface area contributed by atoms with E-state index in [0.717, 1.165) is 0 Å². The molecule has 0 aliphatic carbocycles. The van der Waals surface area contributed by atoms with Crippen molar-refractivity contribution < 1.29 is 13.2 Å². The van der Waals surface area contributed by atoms with Crippen molar-refractivity contribution in [2.75, 3.05) is 19.6 Å². The van der Waals surface area contributed by atoms with Crippen LogP contribution in [0, 0.1) is 16.7 Å². The van der Waals surface area contributed by atoms with Crippen molar-refractivity contribution in [3.05, 3.63) is 0 Å². The molecule has 3 N–H and O–H groups in total. The maximum absolute atomic E-state index is 12.5. The van der Waals surface area contributed by atoms with Crippen LogP contribution in [-0.4, -0.2) is 36.5 Å². The molecule has 1 aliphatic rings. The molecule has 0 spiro atoms. The van der Waals surface area contributed by atoms with E-state index >= 15 is 0 Å². The van der Waals surface area contributed by atoms with Gasteiger partial charge in [0.2, 0.25) is 0 Å². The summed E-state index contributed by atoms with van der Waals surface area (Å²) in [5.41, 5.74) is 5.11. The quantitative estimate of drug-likeness (QED) is 0.606. The van der Waals surface area contributed by atoms with Gasteiger partial charge in [0.25, 0.3) is 0 Å². The number of rotatable bonds is 4. The molecule has 106 valence electrons. The van der Waals surface area contributed by atoms with E-state index in [-0.39, 0.29) is 24.1 Å². The number of piperidine rings is 1. The van der Waals surface area contributed by atoms with E-state index in [1.807, 2.05) is 18.7 Å². The summed E-state index contributed by atoms with van der Waals surface area (Å²) in [4.78, 5) is 2.03. The number of hydrogen-bond donors (Lipinski definition) is 2. The highest BCUT2D eigenvalue weighted by Gasteiger charge is 2.41. The molecule has 1 rings (SSSR count). The Morgan fingerprint density at radius 3 is 2.17 bits per heavy atom. The van der Waals surface area contributed by atoms with E-state index < -0.39 is 12.1 Å². The van der Waals surface area contributed by atoms with Gasteiger partial charge in [-0.3, -0.25) is 5.41 Å². The van der Waals surface area contributed by atoms with Crippen LogP contribution < -0.4 is 5.73 Å². The number of nitrogens with two attached hydrogens (primary N) is 1. The minimum Gasteiger partial charge on any atom is -0.387 e. The smallest absolute Gasteiger partial charge is 0.387 e. The predicted molar refractivity (Wildman–Crippen MR) is 65.5 cm³/mol. The summed E-state index contributed by atoms with van der Waals surface area (Å²) in [5.74, 6) is -1.01. The van der Waals surface area contributed by atoms with Crippen LogP contribution in [0.5, 0.6) is 0 Å². The molecule has 0 aromatic rings. The van der Waals surface area contributed by atoms with E-state index in [0.29, 0.717) is 26.1 Å². The molecule has 0 unspecified atom stereocenters. The fourth-order valence-corrected chi connectivity index (χ4v) is 2.06. The fraction of sp³-hybridized carbons (Fsp3) is 0.917. The van der Waals surface area contributed by atoms with E-state index in [9.17, 15) is 13.2 Å². The first-order chi connectivity index (χ1) is 8.13. The second-order valence-electron chi connectivity index (χ2n) is 5.71. The lowest BCUT2D eigenvalue weighted by atomic mass is 9.87. The molecule has 0 atom stereocenters. The standard InChI is InChI=1S/C12H22F3N3/c1-11(2,10(16)17)5-8-18-6-3-9(4-7-18)12(13,14)15/h9H,3-8H2,1-2H3,(H3,16,17). The zero-order valence-corrected chi connectivity index (χ0v) is 11.0. The Kier molecular flexibility index (Phi) is 4.64. The summed E-state index contributed by atoms with van der Waals surface area (Å²) in [6.07, 6.45) is -2.97. The van der Waals surface area contributed by atoms with Gasteiger partial charge in [0.05, 0.1) is 11.8 Å². The first-order valence-corrected chi connectivity index (χ1v) is 6.26. The Balaban J connectivity index is 2.35. The number of alkyl halides is 3. The molecule has 0 bridgehead atoms. The monoisotopic (exact) mass is 265 g/mol. The molecule has 1 saturated heterocycles. The number of hydrogen-bond acceptors (Lipinski definition) is 2. The van der Waals surface area contributed by atoms with Crippen molar-refractivity contribution in [3.63, 3.8) is 0 Å². The molecule has 0 amide bonds. The van der Waals surface area contributed by atoms with Crippen LogP contribution in [-0.2, 0) is 0 Å².